The van der Waals surface area contributed by atoms with Crippen molar-refractivity contribution in [2.24, 2.45) is 0 Å². The summed E-state index contributed by atoms with van der Waals surface area (Å²) < 4.78 is 2.17. The van der Waals surface area contributed by atoms with Crippen molar-refractivity contribution < 1.29 is 9.59 Å². The van der Waals surface area contributed by atoms with Crippen LogP contribution in [0.25, 0.3) is 10.2 Å². The molecule has 0 saturated carbocycles. The van der Waals surface area contributed by atoms with E-state index in [-0.39, 0.29) is 42.1 Å². The Balaban J connectivity index is 1.29. The van der Waals surface area contributed by atoms with Gasteiger partial charge in [-0.1, -0.05) is 35.6 Å². The lowest BCUT2D eigenvalue weighted by atomic mass is 10.1. The van der Waals surface area contributed by atoms with Crippen LogP contribution in [0.3, 0.4) is 0 Å². The summed E-state index contributed by atoms with van der Waals surface area (Å²) in [6, 6.07) is 16.5. The Morgan fingerprint density at radius 2 is 1.97 bits per heavy atom. The maximum absolute atomic E-state index is 13.2. The molecular formula is C25H23N5O3S. The maximum atomic E-state index is 13.2. The fourth-order valence-electron chi connectivity index (χ4n) is 4.20. The lowest BCUT2D eigenvalue weighted by molar-refractivity contribution is -0.116. The second-order valence-electron chi connectivity index (χ2n) is 8.43. The van der Waals surface area contributed by atoms with Gasteiger partial charge in [0.1, 0.15) is 5.69 Å². The highest BCUT2D eigenvalue weighted by Crippen LogP contribution is 2.32. The number of carbonyl (C=O) groups is 2. The standard InChI is InChI=1S/C25H23N5O3S/c1-15-7-8-18-21(13-15)34-25(26-18)27-22(31)11-12-29-23(32)10-9-19(28-29)24(33)30-16(2)14-17-5-3-4-6-20(17)30/h3-10,13,16H,11-12,14H2,1-2H3,(H,26,27,31). The van der Waals surface area contributed by atoms with Crippen LogP contribution in [-0.4, -0.2) is 32.6 Å². The van der Waals surface area contributed by atoms with Gasteiger partial charge >= 0.3 is 0 Å². The van der Waals surface area contributed by atoms with Gasteiger partial charge in [0.15, 0.2) is 5.13 Å². The van der Waals surface area contributed by atoms with Gasteiger partial charge in [-0.05, 0) is 55.7 Å². The Morgan fingerprint density at radius 3 is 2.82 bits per heavy atom. The van der Waals surface area contributed by atoms with E-state index in [1.807, 2.05) is 56.3 Å². The summed E-state index contributed by atoms with van der Waals surface area (Å²) in [5, 5.41) is 7.57. The number of carbonyl (C=O) groups excluding carboxylic acids is 2. The second-order valence-corrected chi connectivity index (χ2v) is 9.46. The van der Waals surface area contributed by atoms with Gasteiger partial charge in [0, 0.05) is 24.2 Å². The topological polar surface area (TPSA) is 97.2 Å². The van der Waals surface area contributed by atoms with Gasteiger partial charge in [-0.15, -0.1) is 0 Å². The Labute approximate surface area is 199 Å². The molecule has 1 N–H and O–H groups in total. The number of nitrogens with zero attached hydrogens (tertiary/aromatic N) is 4. The van der Waals surface area contributed by atoms with E-state index >= 15 is 0 Å². The van der Waals surface area contributed by atoms with Crippen LogP contribution in [0.5, 0.6) is 0 Å². The quantitative estimate of drug-likeness (QED) is 0.476. The highest BCUT2D eigenvalue weighted by molar-refractivity contribution is 7.22. The fourth-order valence-corrected chi connectivity index (χ4v) is 5.18. The molecule has 0 spiro atoms. The van der Waals surface area contributed by atoms with Crippen LogP contribution in [0.2, 0.25) is 0 Å². The third kappa shape index (κ3) is 4.22. The Hall–Kier alpha value is -3.85. The van der Waals surface area contributed by atoms with Gasteiger partial charge in [0.05, 0.1) is 16.8 Å². The van der Waals surface area contributed by atoms with Crippen molar-refractivity contribution in [2.45, 2.75) is 39.3 Å². The van der Waals surface area contributed by atoms with E-state index in [1.54, 1.807) is 4.90 Å². The first-order valence-corrected chi connectivity index (χ1v) is 11.9. The third-order valence-electron chi connectivity index (χ3n) is 5.85. The SMILES string of the molecule is Cc1ccc2nc(NC(=O)CCn3nc(C(=O)N4c5ccccc5CC4C)ccc3=O)sc2c1. The maximum Gasteiger partial charge on any atom is 0.278 e. The van der Waals surface area contributed by atoms with Gasteiger partial charge in [-0.25, -0.2) is 9.67 Å². The normalized spacial score (nSPS) is 14.9. The van der Waals surface area contributed by atoms with Crippen molar-refractivity contribution in [1.29, 1.82) is 0 Å². The van der Waals surface area contributed by atoms with Crippen molar-refractivity contribution in [3.63, 3.8) is 0 Å². The number of benzene rings is 2. The van der Waals surface area contributed by atoms with Crippen LogP contribution in [-0.2, 0) is 17.8 Å². The zero-order valence-electron chi connectivity index (χ0n) is 18.8. The molecule has 0 bridgehead atoms. The van der Waals surface area contributed by atoms with Gasteiger partial charge in [-0.2, -0.15) is 5.10 Å². The lowest BCUT2D eigenvalue weighted by Gasteiger charge is -2.22. The highest BCUT2D eigenvalue weighted by Gasteiger charge is 2.32. The summed E-state index contributed by atoms with van der Waals surface area (Å²) in [4.78, 5) is 44.2. The Bertz CT molecular complexity index is 1470. The summed E-state index contributed by atoms with van der Waals surface area (Å²) in [6.45, 7) is 4.05. The molecule has 9 heteroatoms. The predicted octanol–water partition coefficient (Wildman–Crippen LogP) is 3.78. The molecule has 2 aromatic carbocycles. The number of rotatable bonds is 5. The smallest absolute Gasteiger partial charge is 0.278 e. The zero-order valence-corrected chi connectivity index (χ0v) is 19.6. The van der Waals surface area contributed by atoms with Gasteiger partial charge in [0.2, 0.25) is 5.91 Å². The average molecular weight is 474 g/mol. The van der Waals surface area contributed by atoms with E-state index in [9.17, 15) is 14.4 Å². The van der Waals surface area contributed by atoms with Crippen LogP contribution in [0.4, 0.5) is 10.8 Å². The van der Waals surface area contributed by atoms with Crippen LogP contribution in [0.15, 0.2) is 59.4 Å². The number of fused-ring (bicyclic) bond motifs is 2. The van der Waals surface area contributed by atoms with E-state index in [4.69, 9.17) is 0 Å². The first kappa shape index (κ1) is 22.0. The minimum absolute atomic E-state index is 0.00421. The number of anilines is 2. The Morgan fingerprint density at radius 1 is 1.15 bits per heavy atom. The van der Waals surface area contributed by atoms with E-state index < -0.39 is 0 Å². The number of aryl methyl sites for hydroxylation is 2. The number of hydrogen-bond donors (Lipinski definition) is 1. The van der Waals surface area contributed by atoms with E-state index in [0.717, 1.165) is 33.5 Å². The number of thiazole rings is 1. The molecule has 4 aromatic rings. The fraction of sp³-hybridized carbons (Fsp3) is 0.240. The first-order chi connectivity index (χ1) is 16.4. The van der Waals surface area contributed by atoms with Crippen LogP contribution >= 0.6 is 11.3 Å². The molecule has 5 rings (SSSR count). The van der Waals surface area contributed by atoms with E-state index in [1.165, 1.54) is 28.2 Å². The summed E-state index contributed by atoms with van der Waals surface area (Å²) in [7, 11) is 0. The van der Waals surface area contributed by atoms with Gasteiger partial charge < -0.3 is 10.2 Å². The number of nitrogens with one attached hydrogen (secondary N) is 1. The molecule has 34 heavy (non-hydrogen) atoms. The molecule has 0 saturated heterocycles. The summed E-state index contributed by atoms with van der Waals surface area (Å²) in [5.41, 5.74) is 3.73. The average Bonchev–Trinajstić information content (AvgIpc) is 3.36. The number of para-hydroxylation sites is 1. The number of hydrogen-bond acceptors (Lipinski definition) is 6. The van der Waals surface area contributed by atoms with Crippen molar-refractivity contribution in [3.8, 4) is 0 Å². The van der Waals surface area contributed by atoms with Crippen molar-refractivity contribution in [3.05, 3.63) is 81.8 Å². The molecule has 1 unspecified atom stereocenters. The summed E-state index contributed by atoms with van der Waals surface area (Å²) in [6.07, 6.45) is 0.801. The van der Waals surface area contributed by atoms with Crippen molar-refractivity contribution in [1.82, 2.24) is 14.8 Å². The van der Waals surface area contributed by atoms with E-state index in [0.29, 0.717) is 5.13 Å². The molecule has 1 aliphatic rings. The molecule has 0 aliphatic carbocycles. The zero-order chi connectivity index (χ0) is 23.8. The molecular weight excluding hydrogens is 450 g/mol. The second kappa shape index (κ2) is 8.83. The predicted molar refractivity (Wildman–Crippen MR) is 133 cm³/mol. The molecule has 8 nitrogen and oxygen atoms in total. The molecule has 1 aliphatic heterocycles. The highest BCUT2D eigenvalue weighted by atomic mass is 32.1. The molecule has 0 fully saturated rings. The van der Waals surface area contributed by atoms with Crippen LogP contribution in [0, 0.1) is 6.92 Å². The molecule has 2 aromatic heterocycles. The van der Waals surface area contributed by atoms with Gasteiger partial charge in [-0.3, -0.25) is 14.4 Å². The molecule has 3 heterocycles. The lowest BCUT2D eigenvalue weighted by Crippen LogP contribution is -2.37. The number of amides is 2. The van der Waals surface area contributed by atoms with Crippen molar-refractivity contribution >= 4 is 44.2 Å². The van der Waals surface area contributed by atoms with Crippen LogP contribution < -0.4 is 15.8 Å². The van der Waals surface area contributed by atoms with Crippen LogP contribution in [0.1, 0.15) is 35.0 Å². The van der Waals surface area contributed by atoms with E-state index in [2.05, 4.69) is 15.4 Å². The van der Waals surface area contributed by atoms with Gasteiger partial charge in [0.25, 0.3) is 11.5 Å². The largest absolute Gasteiger partial charge is 0.304 e. The van der Waals surface area contributed by atoms with Crippen molar-refractivity contribution in [2.75, 3.05) is 10.2 Å². The minimum Gasteiger partial charge on any atom is -0.304 e. The Kier molecular flexibility index (Phi) is 5.70. The third-order valence-corrected chi connectivity index (χ3v) is 6.79. The molecule has 172 valence electrons. The monoisotopic (exact) mass is 473 g/mol. The number of aromatic nitrogens is 3. The summed E-state index contributed by atoms with van der Waals surface area (Å²) >= 11 is 1.40. The summed E-state index contributed by atoms with van der Waals surface area (Å²) in [5.74, 6) is -0.538. The molecule has 1 atom stereocenters. The first-order valence-electron chi connectivity index (χ1n) is 11.1. The minimum atomic E-state index is -0.366. The molecule has 0 radical (unpaired) electrons. The molecule has 2 amide bonds.